The molecule has 27 heavy (non-hydrogen) atoms. The number of hydrogen-bond donors (Lipinski definition) is 0. The molecule has 0 saturated heterocycles. The van der Waals surface area contributed by atoms with E-state index in [-0.39, 0.29) is 0 Å². The molecule has 1 heterocycles. The van der Waals surface area contributed by atoms with Crippen LogP contribution in [0.5, 0.6) is 11.5 Å². The number of ether oxygens (including phenoxy) is 2. The van der Waals surface area contributed by atoms with Crippen LogP contribution in [0, 0.1) is 0 Å². The van der Waals surface area contributed by atoms with E-state index in [1.807, 2.05) is 49.4 Å². The van der Waals surface area contributed by atoms with Gasteiger partial charge in [-0.25, -0.2) is 4.98 Å². The molecule has 142 valence electrons. The maximum atomic E-state index is 5.73. The molecule has 0 spiro atoms. The highest BCUT2D eigenvalue weighted by Gasteiger charge is 2.05. The van der Waals surface area contributed by atoms with Crippen molar-refractivity contribution in [2.45, 2.75) is 26.2 Å². The first-order chi connectivity index (χ1) is 13.3. The number of halogens is 1. The van der Waals surface area contributed by atoms with Crippen LogP contribution in [-0.2, 0) is 0 Å². The first kappa shape index (κ1) is 19.8. The molecule has 0 bridgehead atoms. The van der Waals surface area contributed by atoms with Gasteiger partial charge in [0, 0.05) is 5.33 Å². The van der Waals surface area contributed by atoms with Gasteiger partial charge in [-0.1, -0.05) is 27.3 Å². The molecule has 1 aromatic heterocycles. The zero-order chi connectivity index (χ0) is 18.9. The lowest BCUT2D eigenvalue weighted by Crippen LogP contribution is -1.96. The third-order valence-corrected chi connectivity index (χ3v) is 5.26. The van der Waals surface area contributed by atoms with Gasteiger partial charge in [0.1, 0.15) is 11.5 Å². The van der Waals surface area contributed by atoms with Gasteiger partial charge in [-0.3, -0.25) is 0 Å². The second kappa shape index (κ2) is 10.4. The Morgan fingerprint density at radius 2 is 1.78 bits per heavy atom. The molecule has 0 saturated carbocycles. The predicted molar refractivity (Wildman–Crippen MR) is 115 cm³/mol. The van der Waals surface area contributed by atoms with Crippen molar-refractivity contribution in [3.8, 4) is 11.5 Å². The van der Waals surface area contributed by atoms with E-state index in [0.29, 0.717) is 11.7 Å². The number of alkyl halides is 1. The summed E-state index contributed by atoms with van der Waals surface area (Å²) in [5, 5.41) is 10.2. The van der Waals surface area contributed by atoms with E-state index in [4.69, 9.17) is 9.47 Å². The summed E-state index contributed by atoms with van der Waals surface area (Å²) in [6.07, 6.45) is 3.42. The number of fused-ring (bicyclic) bond motifs is 1. The second-order valence-electron chi connectivity index (χ2n) is 5.85. The van der Waals surface area contributed by atoms with Crippen LogP contribution >= 0.6 is 27.3 Å². The maximum Gasteiger partial charge on any atom is 0.231 e. The summed E-state index contributed by atoms with van der Waals surface area (Å²) in [6, 6.07) is 13.5. The minimum atomic E-state index is 0.630. The van der Waals surface area contributed by atoms with Crippen LogP contribution in [0.15, 0.2) is 52.7 Å². The molecule has 7 heteroatoms. The molecule has 0 fully saturated rings. The Bertz CT molecular complexity index is 881. The third kappa shape index (κ3) is 6.01. The summed E-state index contributed by atoms with van der Waals surface area (Å²) in [4.78, 5) is 4.49. The Morgan fingerprint density at radius 1 is 0.963 bits per heavy atom. The summed E-state index contributed by atoms with van der Waals surface area (Å²) in [7, 11) is 0. The molecule has 0 aliphatic carbocycles. The Morgan fingerprint density at radius 3 is 2.56 bits per heavy atom. The van der Waals surface area contributed by atoms with Gasteiger partial charge in [-0.05, 0) is 68.7 Å². The average molecular weight is 448 g/mol. The van der Waals surface area contributed by atoms with Crippen LogP contribution < -0.4 is 9.47 Å². The topological polar surface area (TPSA) is 56.1 Å². The minimum Gasteiger partial charge on any atom is -0.494 e. The fourth-order valence-corrected chi connectivity index (χ4v) is 3.68. The average Bonchev–Trinajstić information content (AvgIpc) is 3.10. The van der Waals surface area contributed by atoms with Gasteiger partial charge in [0.2, 0.25) is 5.13 Å². The molecule has 0 aliphatic heterocycles. The van der Waals surface area contributed by atoms with E-state index >= 15 is 0 Å². The number of benzene rings is 2. The van der Waals surface area contributed by atoms with Gasteiger partial charge in [-0.2, -0.15) is 0 Å². The van der Waals surface area contributed by atoms with Crippen molar-refractivity contribution in [1.82, 2.24) is 4.98 Å². The summed E-state index contributed by atoms with van der Waals surface area (Å²) in [5.41, 5.74) is 1.68. The zero-order valence-corrected chi connectivity index (χ0v) is 17.6. The van der Waals surface area contributed by atoms with Crippen molar-refractivity contribution in [3.63, 3.8) is 0 Å². The van der Waals surface area contributed by atoms with Crippen LogP contribution in [0.4, 0.5) is 10.8 Å². The van der Waals surface area contributed by atoms with E-state index in [1.54, 1.807) is 0 Å². The van der Waals surface area contributed by atoms with Crippen LogP contribution in [0.25, 0.3) is 10.2 Å². The Hall–Kier alpha value is -1.99. The number of azo groups is 1. The molecule has 3 rings (SSSR count). The van der Waals surface area contributed by atoms with Crippen LogP contribution in [-0.4, -0.2) is 23.5 Å². The van der Waals surface area contributed by atoms with Gasteiger partial charge in [0.25, 0.3) is 0 Å². The van der Waals surface area contributed by atoms with Gasteiger partial charge in [-0.15, -0.1) is 10.2 Å². The molecule has 0 aliphatic rings. The van der Waals surface area contributed by atoms with Crippen LogP contribution in [0.3, 0.4) is 0 Å². The number of thiazole rings is 1. The maximum absolute atomic E-state index is 5.73. The summed E-state index contributed by atoms with van der Waals surface area (Å²) in [5.74, 6) is 1.70. The molecule has 0 atom stereocenters. The lowest BCUT2D eigenvalue weighted by molar-refractivity contribution is 0.306. The molecule has 0 amide bonds. The highest BCUT2D eigenvalue weighted by Crippen LogP contribution is 2.32. The molecular formula is C20H22BrN3O2S. The van der Waals surface area contributed by atoms with E-state index in [0.717, 1.165) is 45.8 Å². The molecular weight excluding hydrogens is 426 g/mol. The second-order valence-corrected chi connectivity index (χ2v) is 7.65. The summed E-state index contributed by atoms with van der Waals surface area (Å²) >= 11 is 4.93. The minimum absolute atomic E-state index is 0.630. The van der Waals surface area contributed by atoms with Crippen LogP contribution in [0.2, 0.25) is 0 Å². The predicted octanol–water partition coefficient (Wildman–Crippen LogP) is 7.05. The quantitative estimate of drug-likeness (QED) is 0.190. The number of rotatable bonds is 10. The van der Waals surface area contributed by atoms with Gasteiger partial charge >= 0.3 is 0 Å². The highest BCUT2D eigenvalue weighted by atomic mass is 79.9. The standard InChI is InChI=1S/C20H22BrN3O2S/c1-2-25-17-10-11-18-19(14-17)27-20(22-18)24-23-15-6-8-16(9-7-15)26-13-5-3-4-12-21/h6-11,14H,2-5,12-13H2,1H3. The van der Waals surface area contributed by atoms with E-state index in [1.165, 1.54) is 24.2 Å². The lowest BCUT2D eigenvalue weighted by atomic mass is 10.2. The van der Waals surface area contributed by atoms with E-state index < -0.39 is 0 Å². The number of unbranched alkanes of at least 4 members (excludes halogenated alkanes) is 2. The monoisotopic (exact) mass is 447 g/mol. The summed E-state index contributed by atoms with van der Waals surface area (Å²) in [6.45, 7) is 3.36. The Kier molecular flexibility index (Phi) is 7.59. The number of nitrogens with zero attached hydrogens (tertiary/aromatic N) is 3. The SMILES string of the molecule is CCOc1ccc2nc(N=Nc3ccc(OCCCCCBr)cc3)sc2c1. The van der Waals surface area contributed by atoms with Crippen molar-refractivity contribution in [1.29, 1.82) is 0 Å². The fraction of sp³-hybridized carbons (Fsp3) is 0.350. The third-order valence-electron chi connectivity index (χ3n) is 3.79. The van der Waals surface area contributed by atoms with Crippen molar-refractivity contribution in [3.05, 3.63) is 42.5 Å². The summed E-state index contributed by atoms with van der Waals surface area (Å²) < 4.78 is 12.3. The smallest absolute Gasteiger partial charge is 0.231 e. The number of aromatic nitrogens is 1. The van der Waals surface area contributed by atoms with Gasteiger partial charge < -0.3 is 9.47 Å². The van der Waals surface area contributed by atoms with Crippen LogP contribution in [0.1, 0.15) is 26.2 Å². The molecule has 0 unspecified atom stereocenters. The van der Waals surface area contributed by atoms with Crippen molar-refractivity contribution < 1.29 is 9.47 Å². The normalized spacial score (nSPS) is 11.3. The first-order valence-electron chi connectivity index (χ1n) is 9.02. The van der Waals surface area contributed by atoms with E-state index in [2.05, 4.69) is 31.1 Å². The fourth-order valence-electron chi connectivity index (χ4n) is 2.46. The largest absolute Gasteiger partial charge is 0.494 e. The Balaban J connectivity index is 1.58. The van der Waals surface area contributed by atoms with Gasteiger partial charge in [0.05, 0.1) is 29.1 Å². The first-order valence-corrected chi connectivity index (χ1v) is 11.0. The highest BCUT2D eigenvalue weighted by molar-refractivity contribution is 9.09. The van der Waals surface area contributed by atoms with Crippen molar-refractivity contribution in [2.75, 3.05) is 18.5 Å². The molecule has 2 aromatic carbocycles. The van der Waals surface area contributed by atoms with Gasteiger partial charge in [0.15, 0.2) is 0 Å². The molecule has 0 N–H and O–H groups in total. The van der Waals surface area contributed by atoms with Crippen molar-refractivity contribution in [2.24, 2.45) is 10.2 Å². The number of hydrogen-bond acceptors (Lipinski definition) is 6. The molecule has 5 nitrogen and oxygen atoms in total. The lowest BCUT2D eigenvalue weighted by Gasteiger charge is -2.05. The molecule has 3 aromatic rings. The molecule has 0 radical (unpaired) electrons. The zero-order valence-electron chi connectivity index (χ0n) is 15.2. The Labute approximate surface area is 171 Å². The van der Waals surface area contributed by atoms with Crippen molar-refractivity contribution >= 4 is 48.3 Å². The van der Waals surface area contributed by atoms with E-state index in [9.17, 15) is 0 Å².